The highest BCUT2D eigenvalue weighted by Crippen LogP contribution is 2.20. The topological polar surface area (TPSA) is 47.3 Å². The number of anilines is 1. The molecule has 2 aromatic rings. The maximum atomic E-state index is 12.7. The molecule has 25 heavy (non-hydrogen) atoms. The van der Waals surface area contributed by atoms with Crippen LogP contribution in [0.15, 0.2) is 60.2 Å². The Morgan fingerprint density at radius 1 is 1.00 bits per heavy atom. The monoisotopic (exact) mass is 351 g/mol. The summed E-state index contributed by atoms with van der Waals surface area (Å²) in [6.45, 7) is 2.69. The van der Waals surface area contributed by atoms with Crippen LogP contribution in [0.2, 0.25) is 5.02 Å². The van der Waals surface area contributed by atoms with Crippen molar-refractivity contribution in [1.29, 1.82) is 5.26 Å². The summed E-state index contributed by atoms with van der Waals surface area (Å²) in [7, 11) is 0. The van der Waals surface area contributed by atoms with E-state index in [1.54, 1.807) is 23.1 Å². The zero-order chi connectivity index (χ0) is 17.6. The van der Waals surface area contributed by atoms with Crippen molar-refractivity contribution in [3.8, 4) is 6.07 Å². The van der Waals surface area contributed by atoms with E-state index in [2.05, 4.69) is 17.0 Å². The number of amides is 1. The van der Waals surface area contributed by atoms with Gasteiger partial charge >= 0.3 is 0 Å². The summed E-state index contributed by atoms with van der Waals surface area (Å²) in [6, 6.07) is 19.3. The molecule has 0 aromatic heterocycles. The van der Waals surface area contributed by atoms with Gasteiger partial charge in [-0.1, -0.05) is 48.0 Å². The Labute approximate surface area is 152 Å². The highest BCUT2D eigenvalue weighted by molar-refractivity contribution is 6.32. The molecule has 2 aromatic carbocycles. The van der Waals surface area contributed by atoms with Crippen LogP contribution in [0, 0.1) is 11.3 Å². The number of rotatable bonds is 3. The van der Waals surface area contributed by atoms with E-state index in [4.69, 9.17) is 11.6 Å². The van der Waals surface area contributed by atoms with Crippen molar-refractivity contribution in [2.45, 2.75) is 0 Å². The average molecular weight is 352 g/mol. The second-order valence-electron chi connectivity index (χ2n) is 5.81. The molecule has 0 aliphatic carbocycles. The van der Waals surface area contributed by atoms with Crippen molar-refractivity contribution in [3.05, 3.63) is 70.8 Å². The van der Waals surface area contributed by atoms with Crippen molar-refractivity contribution < 1.29 is 4.79 Å². The van der Waals surface area contributed by atoms with Gasteiger partial charge in [0, 0.05) is 36.9 Å². The number of piperazine rings is 1. The minimum Gasteiger partial charge on any atom is -0.368 e. The molecule has 1 saturated heterocycles. The van der Waals surface area contributed by atoms with Crippen LogP contribution in [0.25, 0.3) is 6.08 Å². The SMILES string of the molecule is N#C/C(=C/c1ccccc1Cl)C(=O)N1CCN(c2ccccc2)CC1. The fourth-order valence-electron chi connectivity index (χ4n) is 2.87. The molecule has 1 amide bonds. The first-order chi connectivity index (χ1) is 12.2. The number of hydrogen-bond donors (Lipinski definition) is 0. The standard InChI is InChI=1S/C20H18ClN3O/c21-19-9-5-4-6-16(19)14-17(15-22)20(25)24-12-10-23(11-13-24)18-7-2-1-3-8-18/h1-9,14H,10-13H2/b17-14-. The highest BCUT2D eigenvalue weighted by Gasteiger charge is 2.23. The molecular formula is C20H18ClN3O. The zero-order valence-corrected chi connectivity index (χ0v) is 14.5. The molecule has 126 valence electrons. The predicted octanol–water partition coefficient (Wildman–Crippen LogP) is 3.60. The number of benzene rings is 2. The second-order valence-corrected chi connectivity index (χ2v) is 6.21. The lowest BCUT2D eigenvalue weighted by Crippen LogP contribution is -2.49. The second kappa shape index (κ2) is 7.87. The van der Waals surface area contributed by atoms with E-state index >= 15 is 0 Å². The lowest BCUT2D eigenvalue weighted by molar-refractivity contribution is -0.126. The van der Waals surface area contributed by atoms with Crippen LogP contribution in [0.3, 0.4) is 0 Å². The smallest absolute Gasteiger partial charge is 0.264 e. The Balaban J connectivity index is 1.69. The third-order valence-electron chi connectivity index (χ3n) is 4.24. The van der Waals surface area contributed by atoms with Gasteiger partial charge in [0.25, 0.3) is 5.91 Å². The Morgan fingerprint density at radius 3 is 2.28 bits per heavy atom. The maximum absolute atomic E-state index is 12.7. The van der Waals surface area contributed by atoms with Crippen molar-refractivity contribution in [2.75, 3.05) is 31.1 Å². The third kappa shape index (κ3) is 4.01. The van der Waals surface area contributed by atoms with Crippen LogP contribution >= 0.6 is 11.6 Å². The first kappa shape index (κ1) is 17.1. The number of nitrogens with zero attached hydrogens (tertiary/aromatic N) is 3. The van der Waals surface area contributed by atoms with Crippen molar-refractivity contribution >= 4 is 29.3 Å². The fraction of sp³-hybridized carbons (Fsp3) is 0.200. The predicted molar refractivity (Wildman–Crippen MR) is 100 cm³/mol. The number of carbonyl (C=O) groups is 1. The molecule has 0 saturated carbocycles. The third-order valence-corrected chi connectivity index (χ3v) is 4.59. The molecule has 4 nitrogen and oxygen atoms in total. The van der Waals surface area contributed by atoms with Gasteiger partial charge in [-0.2, -0.15) is 5.26 Å². The molecule has 0 unspecified atom stereocenters. The van der Waals surface area contributed by atoms with Crippen LogP contribution in [0.4, 0.5) is 5.69 Å². The van der Waals surface area contributed by atoms with Gasteiger partial charge in [-0.15, -0.1) is 0 Å². The van der Waals surface area contributed by atoms with Crippen molar-refractivity contribution in [3.63, 3.8) is 0 Å². The Morgan fingerprint density at radius 2 is 1.64 bits per heavy atom. The van der Waals surface area contributed by atoms with Gasteiger partial charge in [0.2, 0.25) is 0 Å². The van der Waals surface area contributed by atoms with E-state index in [1.165, 1.54) is 0 Å². The normalized spacial score (nSPS) is 15.0. The van der Waals surface area contributed by atoms with Gasteiger partial charge in [-0.25, -0.2) is 0 Å². The largest absolute Gasteiger partial charge is 0.368 e. The van der Waals surface area contributed by atoms with Crippen LogP contribution in [-0.4, -0.2) is 37.0 Å². The lowest BCUT2D eigenvalue weighted by atomic mass is 10.1. The van der Waals surface area contributed by atoms with Gasteiger partial charge < -0.3 is 9.80 Å². The number of para-hydroxylation sites is 1. The fourth-order valence-corrected chi connectivity index (χ4v) is 3.06. The summed E-state index contributed by atoms with van der Waals surface area (Å²) < 4.78 is 0. The summed E-state index contributed by atoms with van der Waals surface area (Å²) in [5.41, 5.74) is 1.94. The van der Waals surface area contributed by atoms with Crippen LogP contribution in [-0.2, 0) is 4.79 Å². The molecule has 0 bridgehead atoms. The van der Waals surface area contributed by atoms with Gasteiger partial charge in [0.05, 0.1) is 0 Å². The molecule has 1 aliphatic heterocycles. The van der Waals surface area contributed by atoms with Gasteiger partial charge in [0.15, 0.2) is 0 Å². The van der Waals surface area contributed by atoms with E-state index in [1.807, 2.05) is 36.4 Å². The molecule has 0 spiro atoms. The summed E-state index contributed by atoms with van der Waals surface area (Å²) in [4.78, 5) is 16.6. The molecular weight excluding hydrogens is 334 g/mol. The van der Waals surface area contributed by atoms with Gasteiger partial charge in [0.1, 0.15) is 11.6 Å². The summed E-state index contributed by atoms with van der Waals surface area (Å²) in [5, 5.41) is 9.91. The molecule has 3 rings (SSSR count). The number of hydrogen-bond acceptors (Lipinski definition) is 3. The molecule has 1 aliphatic rings. The minimum absolute atomic E-state index is 0.112. The summed E-state index contributed by atoms with van der Waals surface area (Å²) in [6.07, 6.45) is 1.56. The average Bonchev–Trinajstić information content (AvgIpc) is 2.68. The zero-order valence-electron chi connectivity index (χ0n) is 13.7. The lowest BCUT2D eigenvalue weighted by Gasteiger charge is -2.36. The van der Waals surface area contributed by atoms with E-state index in [9.17, 15) is 10.1 Å². The van der Waals surface area contributed by atoms with Gasteiger partial charge in [-0.3, -0.25) is 4.79 Å². The first-order valence-corrected chi connectivity index (χ1v) is 8.52. The van der Waals surface area contributed by atoms with E-state index < -0.39 is 0 Å². The van der Waals surface area contributed by atoms with Gasteiger partial charge in [-0.05, 0) is 29.8 Å². The molecule has 0 radical (unpaired) electrons. The minimum atomic E-state index is -0.241. The Bertz CT molecular complexity index is 818. The first-order valence-electron chi connectivity index (χ1n) is 8.14. The molecule has 1 heterocycles. The van der Waals surface area contributed by atoms with Crippen LogP contribution in [0.5, 0.6) is 0 Å². The Kier molecular flexibility index (Phi) is 5.37. The molecule has 0 N–H and O–H groups in total. The van der Waals surface area contributed by atoms with Crippen molar-refractivity contribution in [1.82, 2.24) is 4.90 Å². The van der Waals surface area contributed by atoms with E-state index in [-0.39, 0.29) is 11.5 Å². The van der Waals surface area contributed by atoms with Crippen LogP contribution in [0.1, 0.15) is 5.56 Å². The molecule has 5 heteroatoms. The van der Waals surface area contributed by atoms with Crippen LogP contribution < -0.4 is 4.90 Å². The summed E-state index contributed by atoms with van der Waals surface area (Å²) in [5.74, 6) is -0.241. The van der Waals surface area contributed by atoms with Crippen molar-refractivity contribution in [2.24, 2.45) is 0 Å². The number of nitriles is 1. The maximum Gasteiger partial charge on any atom is 0.264 e. The number of carbonyl (C=O) groups excluding carboxylic acids is 1. The van der Waals surface area contributed by atoms with E-state index in [0.29, 0.717) is 23.7 Å². The summed E-state index contributed by atoms with van der Waals surface area (Å²) >= 11 is 6.12. The highest BCUT2D eigenvalue weighted by atomic mass is 35.5. The Hall–Kier alpha value is -2.77. The number of halogens is 1. The quantitative estimate of drug-likeness (QED) is 0.627. The molecule has 1 fully saturated rings. The molecule has 0 atom stereocenters. The van der Waals surface area contributed by atoms with E-state index in [0.717, 1.165) is 18.8 Å².